The normalized spacial score (nSPS) is 11.3. The van der Waals surface area contributed by atoms with Crippen LogP contribution in [0.2, 0.25) is 10.0 Å². The van der Waals surface area contributed by atoms with E-state index < -0.39 is 0 Å². The van der Waals surface area contributed by atoms with Crippen LogP contribution in [0.5, 0.6) is 0 Å². The lowest BCUT2D eigenvalue weighted by molar-refractivity contribution is 0.734. The molecule has 0 unspecified atom stereocenters. The van der Waals surface area contributed by atoms with Gasteiger partial charge in [0.15, 0.2) is 0 Å². The third-order valence-corrected chi connectivity index (χ3v) is 4.87. The van der Waals surface area contributed by atoms with Gasteiger partial charge in [-0.15, -0.1) is 0 Å². The molecule has 0 saturated heterocycles. The molecule has 3 rings (SSSR count). The van der Waals surface area contributed by atoms with Crippen LogP contribution in [0.1, 0.15) is 22.5 Å². The number of hydrogen-bond donors (Lipinski definition) is 1. The summed E-state index contributed by atoms with van der Waals surface area (Å²) in [5, 5.41) is 1.14. The third kappa shape index (κ3) is 3.23. The average molecular weight is 348 g/mol. The summed E-state index contributed by atoms with van der Waals surface area (Å²) in [6.07, 6.45) is 0.744. The Morgan fingerprint density at radius 3 is 2.48 bits per heavy atom. The largest absolute Gasteiger partial charge is 0.330 e. The highest BCUT2D eigenvalue weighted by Gasteiger charge is 2.12. The molecule has 0 radical (unpaired) electrons. The van der Waals surface area contributed by atoms with Crippen LogP contribution in [0, 0.1) is 13.8 Å². The lowest BCUT2D eigenvalue weighted by atomic mass is 10.1. The lowest BCUT2D eigenvalue weighted by Gasteiger charge is -2.10. The summed E-state index contributed by atoms with van der Waals surface area (Å²) in [5.74, 6) is 0.999. The Hall–Kier alpha value is -1.55. The Kier molecular flexibility index (Phi) is 4.62. The second-order valence-corrected chi connectivity index (χ2v) is 6.64. The maximum atomic E-state index is 6.14. The van der Waals surface area contributed by atoms with E-state index in [9.17, 15) is 0 Å². The molecule has 0 saturated carbocycles. The molecule has 3 aromatic rings. The van der Waals surface area contributed by atoms with Gasteiger partial charge in [0, 0.05) is 13.0 Å². The van der Waals surface area contributed by atoms with E-state index in [0.29, 0.717) is 23.1 Å². The Morgan fingerprint density at radius 1 is 1.04 bits per heavy atom. The van der Waals surface area contributed by atoms with Crippen LogP contribution in [0.4, 0.5) is 0 Å². The molecule has 0 aliphatic carbocycles. The maximum absolute atomic E-state index is 6.14. The Morgan fingerprint density at radius 2 is 1.78 bits per heavy atom. The van der Waals surface area contributed by atoms with E-state index >= 15 is 0 Å². The molecule has 5 heteroatoms. The summed E-state index contributed by atoms with van der Waals surface area (Å²) >= 11 is 12.2. The first-order chi connectivity index (χ1) is 11.0. The molecular weight excluding hydrogens is 329 g/mol. The monoisotopic (exact) mass is 347 g/mol. The van der Waals surface area contributed by atoms with Gasteiger partial charge in [0.25, 0.3) is 0 Å². The number of imidazole rings is 1. The van der Waals surface area contributed by atoms with E-state index in [-0.39, 0.29) is 0 Å². The summed E-state index contributed by atoms with van der Waals surface area (Å²) in [6, 6.07) is 10.1. The second-order valence-electron chi connectivity index (χ2n) is 5.83. The van der Waals surface area contributed by atoms with Crippen LogP contribution in [0.3, 0.4) is 0 Å². The van der Waals surface area contributed by atoms with Crippen molar-refractivity contribution < 1.29 is 0 Å². The Balaban J connectivity index is 2.11. The molecule has 2 aromatic carbocycles. The van der Waals surface area contributed by atoms with Crippen LogP contribution in [0.25, 0.3) is 11.0 Å². The van der Waals surface area contributed by atoms with E-state index in [1.807, 2.05) is 18.2 Å². The van der Waals surface area contributed by atoms with Crippen molar-refractivity contribution >= 4 is 34.2 Å². The zero-order valence-electron chi connectivity index (χ0n) is 13.2. The van der Waals surface area contributed by atoms with Crippen molar-refractivity contribution in [3.63, 3.8) is 0 Å². The van der Waals surface area contributed by atoms with Crippen LogP contribution >= 0.6 is 23.2 Å². The summed E-state index contributed by atoms with van der Waals surface area (Å²) < 4.78 is 2.22. The van der Waals surface area contributed by atoms with Gasteiger partial charge in [0.1, 0.15) is 5.82 Å². The van der Waals surface area contributed by atoms with Crippen LogP contribution in [0.15, 0.2) is 30.3 Å². The zero-order chi connectivity index (χ0) is 16.6. The minimum Gasteiger partial charge on any atom is -0.330 e. The highest BCUT2D eigenvalue weighted by Crippen LogP contribution is 2.26. The molecule has 0 amide bonds. The number of benzene rings is 2. The fourth-order valence-electron chi connectivity index (χ4n) is 2.75. The van der Waals surface area contributed by atoms with Gasteiger partial charge in [-0.05, 0) is 61.3 Å². The van der Waals surface area contributed by atoms with Crippen molar-refractivity contribution in [2.24, 2.45) is 5.73 Å². The first kappa shape index (κ1) is 16.3. The Labute approximate surface area is 146 Å². The van der Waals surface area contributed by atoms with E-state index in [0.717, 1.165) is 28.8 Å². The molecule has 1 aromatic heterocycles. The quantitative estimate of drug-likeness (QED) is 0.754. The molecule has 0 bridgehead atoms. The van der Waals surface area contributed by atoms with Crippen LogP contribution in [-0.2, 0) is 13.0 Å². The van der Waals surface area contributed by atoms with Crippen molar-refractivity contribution in [2.45, 2.75) is 26.8 Å². The molecule has 0 aliphatic rings. The van der Waals surface area contributed by atoms with Gasteiger partial charge in [-0.25, -0.2) is 4.98 Å². The number of rotatable bonds is 4. The number of fused-ring (bicyclic) bond motifs is 1. The predicted octanol–water partition coefficient (Wildman–Crippen LogP) is 4.51. The Bertz CT molecular complexity index is 868. The molecule has 0 spiro atoms. The SMILES string of the molecule is Cc1cc2nc(CCN)n(Cc3ccc(Cl)c(Cl)c3)c2cc1C. The molecule has 23 heavy (non-hydrogen) atoms. The number of nitrogens with two attached hydrogens (primary N) is 1. The lowest BCUT2D eigenvalue weighted by Crippen LogP contribution is -2.11. The molecule has 0 fully saturated rings. The van der Waals surface area contributed by atoms with Gasteiger partial charge >= 0.3 is 0 Å². The van der Waals surface area contributed by atoms with E-state index in [1.165, 1.54) is 11.1 Å². The number of aromatic nitrogens is 2. The summed E-state index contributed by atoms with van der Waals surface area (Å²) in [7, 11) is 0. The van der Waals surface area contributed by atoms with Crippen molar-refractivity contribution in [1.29, 1.82) is 0 Å². The topological polar surface area (TPSA) is 43.8 Å². The molecule has 120 valence electrons. The molecule has 1 heterocycles. The smallest absolute Gasteiger partial charge is 0.111 e. The predicted molar refractivity (Wildman–Crippen MR) is 97.5 cm³/mol. The third-order valence-electron chi connectivity index (χ3n) is 4.14. The van der Waals surface area contributed by atoms with Gasteiger partial charge in [0.05, 0.1) is 21.1 Å². The second kappa shape index (κ2) is 6.52. The minimum atomic E-state index is 0.569. The van der Waals surface area contributed by atoms with Gasteiger partial charge < -0.3 is 10.3 Å². The van der Waals surface area contributed by atoms with Gasteiger partial charge in [-0.1, -0.05) is 29.3 Å². The summed E-state index contributed by atoms with van der Waals surface area (Å²) in [6.45, 7) is 5.50. The van der Waals surface area contributed by atoms with Crippen molar-refractivity contribution in [1.82, 2.24) is 9.55 Å². The highest BCUT2D eigenvalue weighted by atomic mass is 35.5. The molecular formula is C18H19Cl2N3. The van der Waals surface area contributed by atoms with E-state index in [4.69, 9.17) is 33.9 Å². The molecule has 3 nitrogen and oxygen atoms in total. The van der Waals surface area contributed by atoms with Crippen molar-refractivity contribution in [3.05, 3.63) is 62.9 Å². The minimum absolute atomic E-state index is 0.569. The maximum Gasteiger partial charge on any atom is 0.111 e. The average Bonchev–Trinajstić information content (AvgIpc) is 2.81. The van der Waals surface area contributed by atoms with Gasteiger partial charge in [0.2, 0.25) is 0 Å². The fourth-order valence-corrected chi connectivity index (χ4v) is 3.07. The molecule has 2 N–H and O–H groups in total. The highest BCUT2D eigenvalue weighted by molar-refractivity contribution is 6.42. The van der Waals surface area contributed by atoms with E-state index in [1.54, 1.807) is 0 Å². The molecule has 0 atom stereocenters. The van der Waals surface area contributed by atoms with Gasteiger partial charge in [-0.3, -0.25) is 0 Å². The number of halogens is 2. The van der Waals surface area contributed by atoms with Crippen molar-refractivity contribution in [2.75, 3.05) is 6.54 Å². The van der Waals surface area contributed by atoms with Crippen molar-refractivity contribution in [3.8, 4) is 0 Å². The van der Waals surface area contributed by atoms with E-state index in [2.05, 4.69) is 30.5 Å². The van der Waals surface area contributed by atoms with Gasteiger partial charge in [-0.2, -0.15) is 0 Å². The number of aryl methyl sites for hydroxylation is 2. The standard InChI is InChI=1S/C18H19Cl2N3/c1-11-7-16-17(8-12(11)2)23(18(22-16)5-6-21)10-13-3-4-14(19)15(20)9-13/h3-4,7-9H,5-6,10,21H2,1-2H3. The first-order valence-corrected chi connectivity index (χ1v) is 8.35. The number of nitrogens with zero attached hydrogens (tertiary/aromatic N) is 2. The summed E-state index contributed by atoms with van der Waals surface area (Å²) in [4.78, 5) is 4.76. The summed E-state index contributed by atoms with van der Waals surface area (Å²) in [5.41, 5.74) is 11.5. The number of hydrogen-bond acceptors (Lipinski definition) is 2. The zero-order valence-corrected chi connectivity index (χ0v) is 14.7. The fraction of sp³-hybridized carbons (Fsp3) is 0.278. The first-order valence-electron chi connectivity index (χ1n) is 7.60. The van der Waals surface area contributed by atoms with Crippen LogP contribution in [-0.4, -0.2) is 16.1 Å². The van der Waals surface area contributed by atoms with Crippen LogP contribution < -0.4 is 5.73 Å². The molecule has 0 aliphatic heterocycles.